The van der Waals surface area contributed by atoms with Crippen molar-refractivity contribution in [2.75, 3.05) is 0 Å². The van der Waals surface area contributed by atoms with Gasteiger partial charge in [-0.1, -0.05) is 47.5 Å². The smallest absolute Gasteiger partial charge is 0.203 e. The first-order valence-corrected chi connectivity index (χ1v) is 11.5. The highest BCUT2D eigenvalue weighted by molar-refractivity contribution is 7.95. The predicted molar refractivity (Wildman–Crippen MR) is 124 cm³/mol. The summed E-state index contributed by atoms with van der Waals surface area (Å²) in [7, 11) is -1.16. The lowest BCUT2D eigenvalue weighted by Gasteiger charge is -2.17. The van der Waals surface area contributed by atoms with E-state index >= 15 is 0 Å². The van der Waals surface area contributed by atoms with Gasteiger partial charge in [0.2, 0.25) is 9.84 Å². The number of hydrogen-bond donors (Lipinski definition) is 0. The Labute approximate surface area is 178 Å². The molecule has 29 heavy (non-hydrogen) atoms. The van der Waals surface area contributed by atoms with Gasteiger partial charge < -0.3 is 0 Å². The van der Waals surface area contributed by atoms with Gasteiger partial charge in [-0.05, 0) is 54.2 Å². The molecule has 0 amide bonds. The highest BCUT2D eigenvalue weighted by Crippen LogP contribution is 2.40. The highest BCUT2D eigenvalue weighted by Gasteiger charge is 2.28. The van der Waals surface area contributed by atoms with E-state index in [0.29, 0.717) is 15.5 Å². The van der Waals surface area contributed by atoms with Gasteiger partial charge in [-0.2, -0.15) is 0 Å². The fraction of sp³-hybridized carbons (Fsp3) is 0.0870. The molecule has 0 aliphatic carbocycles. The van der Waals surface area contributed by atoms with Gasteiger partial charge in [0.1, 0.15) is 0 Å². The third kappa shape index (κ3) is 3.93. The van der Waals surface area contributed by atoms with Crippen LogP contribution in [0.2, 0.25) is 5.02 Å². The molecule has 146 valence electrons. The Hall–Kier alpha value is -2.26. The Morgan fingerprint density at radius 3 is 2.48 bits per heavy atom. The molecule has 1 aliphatic rings. The molecule has 3 aromatic rings. The van der Waals surface area contributed by atoms with Gasteiger partial charge in [0, 0.05) is 28.8 Å². The van der Waals surface area contributed by atoms with Gasteiger partial charge in [0.25, 0.3) is 0 Å². The zero-order valence-corrected chi connectivity index (χ0v) is 18.5. The summed E-state index contributed by atoms with van der Waals surface area (Å²) < 4.78 is 27.3. The number of benzene rings is 3. The van der Waals surface area contributed by atoms with E-state index in [1.165, 1.54) is 0 Å². The first-order chi connectivity index (χ1) is 13.9. The molecule has 0 spiro atoms. The molecule has 1 aliphatic heterocycles. The first kappa shape index (κ1) is 20.0. The number of rotatable bonds is 3. The molecule has 0 bridgehead atoms. The minimum atomic E-state index is -3.73. The lowest BCUT2D eigenvalue weighted by molar-refractivity contribution is 0.601. The van der Waals surface area contributed by atoms with Crippen LogP contribution in [0.1, 0.15) is 23.1 Å². The van der Waals surface area contributed by atoms with Gasteiger partial charge in [0.05, 0.1) is 15.5 Å². The molecule has 4 rings (SSSR count). The van der Waals surface area contributed by atoms with Gasteiger partial charge in [-0.15, -0.1) is 9.24 Å². The second-order valence-electron chi connectivity index (χ2n) is 6.92. The SMILES string of the molecule is Cc1ccc2c(c1)C(c1cccc(Cl)c1)=C(S(=O)(=O)c1ccc(P)cc1)CC=N2. The maximum Gasteiger partial charge on any atom is 0.203 e. The Morgan fingerprint density at radius 1 is 1.00 bits per heavy atom. The van der Waals surface area contributed by atoms with Crippen LogP contribution in [0, 0.1) is 6.92 Å². The molecular weight excluding hydrogens is 421 g/mol. The largest absolute Gasteiger partial charge is 0.260 e. The summed E-state index contributed by atoms with van der Waals surface area (Å²) in [5.41, 5.74) is 3.98. The molecule has 0 aromatic heterocycles. The average molecular weight is 440 g/mol. The highest BCUT2D eigenvalue weighted by atomic mass is 35.5. The molecule has 3 nitrogen and oxygen atoms in total. The molecule has 1 unspecified atom stereocenters. The number of sulfone groups is 1. The van der Waals surface area contributed by atoms with Crippen LogP contribution in [0.3, 0.4) is 0 Å². The Bertz CT molecular complexity index is 1260. The molecule has 0 fully saturated rings. The van der Waals surface area contributed by atoms with E-state index in [4.69, 9.17) is 11.6 Å². The number of allylic oxidation sites excluding steroid dienone is 1. The maximum absolute atomic E-state index is 13.7. The fourth-order valence-electron chi connectivity index (χ4n) is 3.44. The summed E-state index contributed by atoms with van der Waals surface area (Å²) in [4.78, 5) is 5.12. The van der Waals surface area contributed by atoms with Crippen molar-refractivity contribution >= 4 is 53.5 Å². The zero-order chi connectivity index (χ0) is 20.6. The molecule has 0 saturated carbocycles. The summed E-state index contributed by atoms with van der Waals surface area (Å²) in [6, 6.07) is 20.0. The van der Waals surface area contributed by atoms with Gasteiger partial charge in [-0.25, -0.2) is 8.42 Å². The summed E-state index contributed by atoms with van der Waals surface area (Å²) >= 11 is 6.25. The number of fused-ring (bicyclic) bond motifs is 1. The van der Waals surface area contributed by atoms with Crippen molar-refractivity contribution < 1.29 is 8.42 Å². The van der Waals surface area contributed by atoms with E-state index in [9.17, 15) is 8.42 Å². The van der Waals surface area contributed by atoms with Crippen molar-refractivity contribution in [2.24, 2.45) is 4.99 Å². The average Bonchev–Trinajstić information content (AvgIpc) is 2.88. The van der Waals surface area contributed by atoms with E-state index in [-0.39, 0.29) is 11.3 Å². The van der Waals surface area contributed by atoms with Crippen molar-refractivity contribution in [2.45, 2.75) is 18.2 Å². The van der Waals surface area contributed by atoms with Crippen LogP contribution < -0.4 is 5.30 Å². The lowest BCUT2D eigenvalue weighted by Crippen LogP contribution is -2.09. The van der Waals surface area contributed by atoms with E-state index in [0.717, 1.165) is 27.7 Å². The van der Waals surface area contributed by atoms with Crippen LogP contribution in [-0.2, 0) is 9.84 Å². The molecule has 6 heteroatoms. The second-order valence-corrected chi connectivity index (χ2v) is 9.99. The van der Waals surface area contributed by atoms with Crippen molar-refractivity contribution in [3.05, 3.63) is 93.3 Å². The number of hydrogen-bond acceptors (Lipinski definition) is 3. The Balaban J connectivity index is 2.07. The molecule has 0 radical (unpaired) electrons. The van der Waals surface area contributed by atoms with Gasteiger partial charge in [0.15, 0.2) is 0 Å². The molecule has 3 aromatic carbocycles. The van der Waals surface area contributed by atoms with E-state index in [2.05, 4.69) is 14.2 Å². The fourth-order valence-corrected chi connectivity index (χ4v) is 5.39. The minimum absolute atomic E-state index is 0.209. The van der Waals surface area contributed by atoms with Crippen LogP contribution in [0.15, 0.2) is 81.5 Å². The number of halogens is 1. The normalized spacial score (nSPS) is 13.9. The van der Waals surface area contributed by atoms with E-state index in [1.807, 2.05) is 37.3 Å². The predicted octanol–water partition coefficient (Wildman–Crippen LogP) is 5.49. The van der Waals surface area contributed by atoms with Crippen LogP contribution >= 0.6 is 20.8 Å². The van der Waals surface area contributed by atoms with Crippen LogP contribution in [0.4, 0.5) is 5.69 Å². The van der Waals surface area contributed by atoms with Crippen molar-refractivity contribution in [1.29, 1.82) is 0 Å². The second kappa shape index (κ2) is 7.87. The molecule has 1 atom stereocenters. The quantitative estimate of drug-likeness (QED) is 0.507. The van der Waals surface area contributed by atoms with Crippen LogP contribution in [-0.4, -0.2) is 14.6 Å². The third-order valence-corrected chi connectivity index (χ3v) is 7.37. The Kier molecular flexibility index (Phi) is 5.44. The van der Waals surface area contributed by atoms with Crippen molar-refractivity contribution in [3.63, 3.8) is 0 Å². The number of nitrogens with zero attached hydrogens (tertiary/aromatic N) is 1. The first-order valence-electron chi connectivity index (χ1n) is 9.09. The van der Waals surface area contributed by atoms with Gasteiger partial charge in [-0.3, -0.25) is 4.99 Å². The topological polar surface area (TPSA) is 46.5 Å². The molecule has 0 saturated heterocycles. The molecule has 0 N–H and O–H groups in total. The van der Waals surface area contributed by atoms with Gasteiger partial charge >= 0.3 is 0 Å². The summed E-state index contributed by atoms with van der Waals surface area (Å²) in [5, 5.41) is 1.48. The summed E-state index contributed by atoms with van der Waals surface area (Å²) in [6.45, 7) is 1.98. The zero-order valence-electron chi connectivity index (χ0n) is 15.8. The minimum Gasteiger partial charge on any atom is -0.260 e. The number of aryl methyl sites for hydroxylation is 1. The lowest BCUT2D eigenvalue weighted by atomic mass is 9.94. The number of aliphatic imine (C=N–C) groups is 1. The molecular formula is C23H19ClNO2PS. The summed E-state index contributed by atoms with van der Waals surface area (Å²) in [5.74, 6) is 0. The van der Waals surface area contributed by atoms with Crippen LogP contribution in [0.5, 0.6) is 0 Å². The summed E-state index contributed by atoms with van der Waals surface area (Å²) in [6.07, 6.45) is 1.88. The van der Waals surface area contributed by atoms with Crippen molar-refractivity contribution in [1.82, 2.24) is 0 Å². The maximum atomic E-state index is 13.7. The Morgan fingerprint density at radius 2 is 1.76 bits per heavy atom. The van der Waals surface area contributed by atoms with Crippen LogP contribution in [0.25, 0.3) is 5.57 Å². The van der Waals surface area contributed by atoms with Crippen molar-refractivity contribution in [3.8, 4) is 0 Å². The third-order valence-electron chi connectivity index (χ3n) is 4.84. The van der Waals surface area contributed by atoms with E-state index < -0.39 is 9.84 Å². The monoisotopic (exact) mass is 439 g/mol. The standard InChI is InChI=1S/C23H19ClNO2PS/c1-15-5-10-21-20(13-15)23(16-3-2-4-17(24)14-16)22(11-12-25-21)29(26,27)19-8-6-18(28)7-9-19/h2-10,12-14H,11,28H2,1H3. The molecule has 1 heterocycles. The van der Waals surface area contributed by atoms with E-state index in [1.54, 1.807) is 42.6 Å².